The van der Waals surface area contributed by atoms with Crippen LogP contribution in [0.3, 0.4) is 0 Å². The highest BCUT2D eigenvalue weighted by atomic mass is 79.9. The Bertz CT molecular complexity index is 1480. The van der Waals surface area contributed by atoms with Crippen LogP contribution in [0.15, 0.2) is 72.9 Å². The lowest BCUT2D eigenvalue weighted by Crippen LogP contribution is -2.27. The molecule has 1 aliphatic rings. The molecule has 0 radical (unpaired) electrons. The summed E-state index contributed by atoms with van der Waals surface area (Å²) in [4.78, 5) is 28.0. The molecule has 0 unspecified atom stereocenters. The number of nitrogens with one attached hydrogen (secondary N) is 1. The van der Waals surface area contributed by atoms with Crippen LogP contribution in [0, 0.1) is 11.3 Å². The van der Waals surface area contributed by atoms with E-state index >= 15 is 0 Å². The lowest BCUT2D eigenvalue weighted by molar-refractivity contribution is 0.102. The number of fused-ring (bicyclic) bond motifs is 1. The molecular formula is C28H26BrClN4O2S2. The van der Waals surface area contributed by atoms with Crippen LogP contribution < -0.4 is 5.32 Å². The van der Waals surface area contributed by atoms with E-state index in [-0.39, 0.29) is 11.3 Å². The van der Waals surface area contributed by atoms with Gasteiger partial charge in [-0.3, -0.25) is 4.79 Å². The average Bonchev–Trinajstić information content (AvgIpc) is 3.43. The SMILES string of the molecule is CC(C)(C)[C@@H]1CCc2c(sc(N=Cc3cc(Br)c(Sc4ncccn4)o3)c2C(=O)Nc2ccc(Cl)cc2)C1. The molecule has 6 nitrogen and oxygen atoms in total. The second kappa shape index (κ2) is 11.3. The summed E-state index contributed by atoms with van der Waals surface area (Å²) in [6.07, 6.45) is 7.90. The van der Waals surface area contributed by atoms with Crippen LogP contribution in [0.1, 0.15) is 53.8 Å². The normalized spacial score (nSPS) is 15.6. The highest BCUT2D eigenvalue weighted by molar-refractivity contribution is 9.10. The quantitative estimate of drug-likeness (QED) is 0.170. The van der Waals surface area contributed by atoms with Crippen molar-refractivity contribution in [2.24, 2.45) is 16.3 Å². The minimum absolute atomic E-state index is 0.163. The summed E-state index contributed by atoms with van der Waals surface area (Å²) in [5.74, 6) is 0.959. The summed E-state index contributed by atoms with van der Waals surface area (Å²) in [6, 6.07) is 10.7. The van der Waals surface area contributed by atoms with Crippen LogP contribution in [-0.2, 0) is 12.8 Å². The van der Waals surface area contributed by atoms with Gasteiger partial charge in [-0.05, 0) is 94.2 Å². The highest BCUT2D eigenvalue weighted by Gasteiger charge is 2.33. The monoisotopic (exact) mass is 628 g/mol. The Labute approximate surface area is 243 Å². The van der Waals surface area contributed by atoms with E-state index in [1.54, 1.807) is 60.3 Å². The minimum Gasteiger partial charge on any atom is -0.447 e. The van der Waals surface area contributed by atoms with Crippen LogP contribution in [0.25, 0.3) is 0 Å². The lowest BCUT2D eigenvalue weighted by Gasteiger charge is -2.33. The van der Waals surface area contributed by atoms with Gasteiger partial charge in [-0.1, -0.05) is 32.4 Å². The second-order valence-electron chi connectivity index (χ2n) is 10.1. The van der Waals surface area contributed by atoms with Gasteiger partial charge in [0.15, 0.2) is 10.2 Å². The molecule has 0 fully saturated rings. The molecule has 1 aromatic carbocycles. The molecule has 1 aliphatic carbocycles. The van der Waals surface area contributed by atoms with Crippen LogP contribution in [0.2, 0.25) is 5.02 Å². The summed E-state index contributed by atoms with van der Waals surface area (Å²) < 4.78 is 6.78. The zero-order valence-corrected chi connectivity index (χ0v) is 25.1. The van der Waals surface area contributed by atoms with Crippen LogP contribution in [-0.4, -0.2) is 22.1 Å². The summed E-state index contributed by atoms with van der Waals surface area (Å²) in [7, 11) is 0. The van der Waals surface area contributed by atoms with E-state index in [9.17, 15) is 4.79 Å². The van der Waals surface area contributed by atoms with Crippen molar-refractivity contribution in [1.29, 1.82) is 0 Å². The van der Waals surface area contributed by atoms with Crippen molar-refractivity contribution in [3.8, 4) is 0 Å². The van der Waals surface area contributed by atoms with Gasteiger partial charge in [0.1, 0.15) is 10.8 Å². The minimum atomic E-state index is -0.163. The molecule has 1 N–H and O–H groups in total. The Morgan fingerprint density at radius 3 is 2.71 bits per heavy atom. The van der Waals surface area contributed by atoms with Gasteiger partial charge in [-0.15, -0.1) is 11.3 Å². The molecule has 196 valence electrons. The van der Waals surface area contributed by atoms with E-state index in [1.807, 2.05) is 6.07 Å². The number of nitrogens with zero attached hydrogens (tertiary/aromatic N) is 3. The maximum atomic E-state index is 13.5. The van der Waals surface area contributed by atoms with E-state index < -0.39 is 0 Å². The zero-order valence-electron chi connectivity index (χ0n) is 21.1. The maximum absolute atomic E-state index is 13.5. The number of hydrogen-bond acceptors (Lipinski definition) is 7. The number of furan rings is 1. The summed E-state index contributed by atoms with van der Waals surface area (Å²) in [6.45, 7) is 6.86. The van der Waals surface area contributed by atoms with Crippen molar-refractivity contribution in [1.82, 2.24) is 9.97 Å². The Kier molecular flexibility index (Phi) is 8.09. The first-order valence-corrected chi connectivity index (χ1v) is 15.0. The van der Waals surface area contributed by atoms with E-state index in [0.717, 1.165) is 29.3 Å². The Morgan fingerprint density at radius 2 is 2.00 bits per heavy atom. The number of aliphatic imine (C=N–C) groups is 1. The number of aromatic nitrogens is 2. The van der Waals surface area contributed by atoms with Gasteiger partial charge in [0.05, 0.1) is 16.3 Å². The summed E-state index contributed by atoms with van der Waals surface area (Å²) in [5.41, 5.74) is 2.64. The predicted molar refractivity (Wildman–Crippen MR) is 159 cm³/mol. The van der Waals surface area contributed by atoms with Crippen molar-refractivity contribution in [3.05, 3.63) is 80.1 Å². The van der Waals surface area contributed by atoms with Gasteiger partial charge >= 0.3 is 0 Å². The smallest absolute Gasteiger partial charge is 0.259 e. The van der Waals surface area contributed by atoms with Crippen LogP contribution >= 0.6 is 50.6 Å². The standard InChI is InChI=1S/C28H26BrClN4O2S2/c1-28(2,3)16-5-10-20-22(13-16)37-25(23(20)24(35)34-18-8-6-17(30)7-9-18)33-15-19-14-21(29)26(36-19)38-27-31-11-4-12-32-27/h4,6-9,11-12,14-16H,5,10,13H2,1-3H3,(H,34,35)/t16-/m1/s1. The van der Waals surface area contributed by atoms with E-state index in [4.69, 9.17) is 21.0 Å². The van der Waals surface area contributed by atoms with E-state index in [0.29, 0.717) is 43.2 Å². The molecule has 38 heavy (non-hydrogen) atoms. The Balaban J connectivity index is 1.45. The van der Waals surface area contributed by atoms with Gasteiger partial charge in [-0.2, -0.15) is 0 Å². The fourth-order valence-electron chi connectivity index (χ4n) is 4.41. The van der Waals surface area contributed by atoms with Gasteiger partial charge in [0.25, 0.3) is 5.91 Å². The first-order chi connectivity index (χ1) is 18.2. The summed E-state index contributed by atoms with van der Waals surface area (Å²) >= 11 is 12.5. The van der Waals surface area contributed by atoms with Crippen molar-refractivity contribution in [2.75, 3.05) is 5.32 Å². The Morgan fingerprint density at radius 1 is 1.26 bits per heavy atom. The van der Waals surface area contributed by atoms with Crippen LogP contribution in [0.4, 0.5) is 10.7 Å². The fourth-order valence-corrected chi connectivity index (χ4v) is 7.04. The summed E-state index contributed by atoms with van der Waals surface area (Å²) in [5, 5.41) is 5.56. The van der Waals surface area contributed by atoms with E-state index in [1.165, 1.54) is 16.6 Å². The number of halogens is 2. The zero-order chi connectivity index (χ0) is 26.9. The number of carbonyl (C=O) groups is 1. The molecule has 10 heteroatoms. The largest absolute Gasteiger partial charge is 0.447 e. The molecule has 0 spiro atoms. The number of carbonyl (C=O) groups excluding carboxylic acids is 1. The van der Waals surface area contributed by atoms with E-state index in [2.05, 4.69) is 52.0 Å². The number of benzene rings is 1. The van der Waals surface area contributed by atoms with Crippen molar-refractivity contribution >= 4 is 73.4 Å². The van der Waals surface area contributed by atoms with Gasteiger partial charge in [0, 0.05) is 34.0 Å². The van der Waals surface area contributed by atoms with Crippen molar-refractivity contribution in [2.45, 2.75) is 50.3 Å². The molecule has 0 saturated heterocycles. The number of hydrogen-bond donors (Lipinski definition) is 1. The number of thiophene rings is 1. The Hall–Kier alpha value is -2.46. The third-order valence-corrected chi connectivity index (χ3v) is 9.66. The number of anilines is 1. The number of amides is 1. The maximum Gasteiger partial charge on any atom is 0.259 e. The molecule has 4 aromatic rings. The average molecular weight is 630 g/mol. The van der Waals surface area contributed by atoms with Gasteiger partial charge < -0.3 is 9.73 Å². The van der Waals surface area contributed by atoms with Crippen molar-refractivity contribution < 1.29 is 9.21 Å². The topological polar surface area (TPSA) is 80.4 Å². The third-order valence-electron chi connectivity index (χ3n) is 6.51. The molecule has 0 aliphatic heterocycles. The van der Waals surface area contributed by atoms with Gasteiger partial charge in [-0.25, -0.2) is 15.0 Å². The molecule has 0 bridgehead atoms. The molecule has 3 aromatic heterocycles. The lowest BCUT2D eigenvalue weighted by atomic mass is 9.72. The van der Waals surface area contributed by atoms with Crippen LogP contribution in [0.5, 0.6) is 0 Å². The van der Waals surface area contributed by atoms with Gasteiger partial charge in [0.2, 0.25) is 0 Å². The predicted octanol–water partition coefficient (Wildman–Crippen LogP) is 8.85. The molecule has 3 heterocycles. The molecule has 0 saturated carbocycles. The molecule has 5 rings (SSSR count). The highest BCUT2D eigenvalue weighted by Crippen LogP contribution is 2.45. The molecule has 1 atom stereocenters. The molecule has 1 amide bonds. The first kappa shape index (κ1) is 27.1. The fraction of sp³-hybridized carbons (Fsp3) is 0.286. The second-order valence-corrected chi connectivity index (χ2v) is 13.4. The third kappa shape index (κ3) is 6.22. The molecular weight excluding hydrogens is 604 g/mol. The number of rotatable bonds is 6. The first-order valence-electron chi connectivity index (χ1n) is 12.2. The van der Waals surface area contributed by atoms with Crippen molar-refractivity contribution in [3.63, 3.8) is 0 Å².